The first-order valence-electron chi connectivity index (χ1n) is 12.6. The van der Waals surface area contributed by atoms with Crippen LogP contribution in [0.4, 0.5) is 17.6 Å². The third kappa shape index (κ3) is 5.98. The molecule has 2 saturated heterocycles. The van der Waals surface area contributed by atoms with E-state index in [-0.39, 0.29) is 11.5 Å². The lowest BCUT2D eigenvalue weighted by molar-refractivity contribution is -0.149. The quantitative estimate of drug-likeness (QED) is 0.548. The van der Waals surface area contributed by atoms with E-state index in [1.165, 1.54) is 0 Å². The van der Waals surface area contributed by atoms with Crippen molar-refractivity contribution in [2.45, 2.75) is 52.2 Å². The van der Waals surface area contributed by atoms with Gasteiger partial charge in [0, 0.05) is 64.6 Å². The average molecular weight is 483 g/mol. The van der Waals surface area contributed by atoms with Gasteiger partial charge in [-0.1, -0.05) is 6.92 Å². The maximum absolute atomic E-state index is 11.9. The average Bonchev–Trinajstić information content (AvgIpc) is 2.84. The van der Waals surface area contributed by atoms with Crippen LogP contribution < -0.4 is 14.7 Å². The van der Waals surface area contributed by atoms with Gasteiger partial charge in [-0.05, 0) is 46.4 Å². The summed E-state index contributed by atoms with van der Waals surface area (Å²) in [6, 6.07) is 3.93. The standard InChI is InChI=1S/C25H38N8O2/c1-6-7-22(34)35-19(2)23-26-10-9-21(28-23)33-17-16-32(18-25(33,3)4)20-8-11-27-24(29-20)31-14-12-30(5)13-15-31/h8-11,19H,6-7,12-18H2,1-5H3/t19-/m1/s1. The summed E-state index contributed by atoms with van der Waals surface area (Å²) in [6.45, 7) is 14.6. The third-order valence-electron chi connectivity index (χ3n) is 6.70. The van der Waals surface area contributed by atoms with Crippen LogP contribution in [-0.2, 0) is 9.53 Å². The van der Waals surface area contributed by atoms with Gasteiger partial charge in [-0.25, -0.2) is 15.0 Å². The molecule has 190 valence electrons. The van der Waals surface area contributed by atoms with Crippen LogP contribution in [0.3, 0.4) is 0 Å². The van der Waals surface area contributed by atoms with Crippen LogP contribution in [0.25, 0.3) is 0 Å². The maximum Gasteiger partial charge on any atom is 0.306 e. The normalized spacial score (nSPS) is 19.5. The van der Waals surface area contributed by atoms with Crippen LogP contribution in [0.2, 0.25) is 0 Å². The first-order chi connectivity index (χ1) is 16.8. The molecule has 0 bridgehead atoms. The summed E-state index contributed by atoms with van der Waals surface area (Å²) in [4.78, 5) is 39.7. The Morgan fingerprint density at radius 1 is 1.00 bits per heavy atom. The molecule has 0 saturated carbocycles. The largest absolute Gasteiger partial charge is 0.454 e. The Morgan fingerprint density at radius 3 is 2.40 bits per heavy atom. The minimum atomic E-state index is -0.479. The number of nitrogens with zero attached hydrogens (tertiary/aromatic N) is 8. The molecule has 10 heteroatoms. The molecule has 4 rings (SSSR count). The lowest BCUT2D eigenvalue weighted by Crippen LogP contribution is -2.60. The molecular formula is C25H38N8O2. The van der Waals surface area contributed by atoms with Crippen LogP contribution in [0.15, 0.2) is 24.5 Å². The van der Waals surface area contributed by atoms with Crippen molar-refractivity contribution < 1.29 is 9.53 Å². The molecule has 0 N–H and O–H groups in total. The highest BCUT2D eigenvalue weighted by molar-refractivity contribution is 5.69. The number of aromatic nitrogens is 4. The van der Waals surface area contributed by atoms with Crippen molar-refractivity contribution in [1.82, 2.24) is 24.8 Å². The maximum atomic E-state index is 11.9. The summed E-state index contributed by atoms with van der Waals surface area (Å²) in [6.07, 6.45) is 4.30. The second kappa shape index (κ2) is 10.7. The first-order valence-corrected chi connectivity index (χ1v) is 12.6. The predicted molar refractivity (Wildman–Crippen MR) is 137 cm³/mol. The van der Waals surface area contributed by atoms with Gasteiger partial charge in [0.05, 0.1) is 5.54 Å². The van der Waals surface area contributed by atoms with Crippen molar-refractivity contribution in [2.24, 2.45) is 0 Å². The molecule has 2 aromatic rings. The second-order valence-corrected chi connectivity index (χ2v) is 10.0. The zero-order valence-electron chi connectivity index (χ0n) is 21.6. The van der Waals surface area contributed by atoms with Crippen molar-refractivity contribution in [3.05, 3.63) is 30.4 Å². The zero-order chi connectivity index (χ0) is 25.0. The number of likely N-dealkylation sites (N-methyl/N-ethyl adjacent to an activating group) is 1. The van der Waals surface area contributed by atoms with E-state index in [1.807, 2.05) is 32.2 Å². The van der Waals surface area contributed by atoms with Crippen LogP contribution >= 0.6 is 0 Å². The van der Waals surface area contributed by atoms with Crippen LogP contribution in [-0.4, -0.2) is 89.2 Å². The fourth-order valence-corrected chi connectivity index (χ4v) is 4.67. The summed E-state index contributed by atoms with van der Waals surface area (Å²) >= 11 is 0. The van der Waals surface area contributed by atoms with E-state index < -0.39 is 6.10 Å². The van der Waals surface area contributed by atoms with Gasteiger partial charge >= 0.3 is 5.97 Å². The number of rotatable bonds is 7. The third-order valence-corrected chi connectivity index (χ3v) is 6.70. The number of esters is 1. The molecule has 2 aromatic heterocycles. The molecule has 2 aliphatic rings. The highest BCUT2D eigenvalue weighted by atomic mass is 16.5. The van der Waals surface area contributed by atoms with Gasteiger partial charge in [0.1, 0.15) is 11.6 Å². The van der Waals surface area contributed by atoms with Gasteiger partial charge in [0.25, 0.3) is 0 Å². The van der Waals surface area contributed by atoms with Gasteiger partial charge in [-0.15, -0.1) is 0 Å². The molecule has 10 nitrogen and oxygen atoms in total. The Labute approximate surface area is 208 Å². The van der Waals surface area contributed by atoms with E-state index >= 15 is 0 Å². The Morgan fingerprint density at radius 2 is 1.69 bits per heavy atom. The van der Waals surface area contributed by atoms with Gasteiger partial charge in [-0.3, -0.25) is 4.79 Å². The number of hydrogen-bond acceptors (Lipinski definition) is 10. The Bertz CT molecular complexity index is 1010. The number of ether oxygens (including phenoxy) is 1. The van der Waals surface area contributed by atoms with E-state index in [1.54, 1.807) is 6.20 Å². The van der Waals surface area contributed by atoms with Crippen molar-refractivity contribution in [1.29, 1.82) is 0 Å². The van der Waals surface area contributed by atoms with Gasteiger partial charge < -0.3 is 24.3 Å². The Hall–Kier alpha value is -3.01. The van der Waals surface area contributed by atoms with E-state index in [2.05, 4.69) is 50.5 Å². The predicted octanol–water partition coefficient (Wildman–Crippen LogP) is 2.53. The van der Waals surface area contributed by atoms with Crippen molar-refractivity contribution >= 4 is 23.6 Å². The highest BCUT2D eigenvalue weighted by Crippen LogP contribution is 2.30. The van der Waals surface area contributed by atoms with Crippen molar-refractivity contribution in [3.63, 3.8) is 0 Å². The molecule has 35 heavy (non-hydrogen) atoms. The molecule has 0 spiro atoms. The number of piperazine rings is 2. The summed E-state index contributed by atoms with van der Waals surface area (Å²) in [5.74, 6) is 2.92. The molecule has 2 fully saturated rings. The van der Waals surface area contributed by atoms with Crippen molar-refractivity contribution in [2.75, 3.05) is 67.6 Å². The number of carbonyl (C=O) groups is 1. The van der Waals surface area contributed by atoms with Crippen LogP contribution in [0, 0.1) is 0 Å². The molecule has 0 aliphatic carbocycles. The van der Waals surface area contributed by atoms with Gasteiger partial charge in [0.15, 0.2) is 11.9 Å². The minimum absolute atomic E-state index is 0.190. The fourth-order valence-electron chi connectivity index (χ4n) is 4.67. The van der Waals surface area contributed by atoms with E-state index in [9.17, 15) is 4.79 Å². The molecule has 0 unspecified atom stereocenters. The smallest absolute Gasteiger partial charge is 0.306 e. The Kier molecular flexibility index (Phi) is 7.69. The van der Waals surface area contributed by atoms with Crippen molar-refractivity contribution in [3.8, 4) is 0 Å². The molecule has 4 heterocycles. The second-order valence-electron chi connectivity index (χ2n) is 10.0. The summed E-state index contributed by atoms with van der Waals surface area (Å²) in [5, 5.41) is 0. The zero-order valence-corrected chi connectivity index (χ0v) is 21.6. The lowest BCUT2D eigenvalue weighted by Gasteiger charge is -2.48. The lowest BCUT2D eigenvalue weighted by atomic mass is 9.98. The minimum Gasteiger partial charge on any atom is -0.454 e. The molecule has 0 amide bonds. The summed E-state index contributed by atoms with van der Waals surface area (Å²) in [5.41, 5.74) is -0.190. The van der Waals surface area contributed by atoms with Crippen LogP contribution in [0.5, 0.6) is 0 Å². The monoisotopic (exact) mass is 482 g/mol. The summed E-state index contributed by atoms with van der Waals surface area (Å²) in [7, 11) is 2.15. The topological polar surface area (TPSA) is 90.8 Å². The van der Waals surface area contributed by atoms with E-state index in [0.29, 0.717) is 12.2 Å². The highest BCUT2D eigenvalue weighted by Gasteiger charge is 2.35. The van der Waals surface area contributed by atoms with E-state index in [4.69, 9.17) is 14.7 Å². The molecule has 0 radical (unpaired) electrons. The SMILES string of the molecule is CCCC(=O)O[C@H](C)c1nccc(N2CCN(c3ccnc(N4CCN(C)CC4)n3)CC2(C)C)n1. The number of anilines is 3. The van der Waals surface area contributed by atoms with Gasteiger partial charge in [0.2, 0.25) is 5.95 Å². The summed E-state index contributed by atoms with van der Waals surface area (Å²) < 4.78 is 5.50. The number of carbonyl (C=O) groups excluding carboxylic acids is 1. The fraction of sp³-hybridized carbons (Fsp3) is 0.640. The molecule has 1 atom stereocenters. The number of hydrogen-bond donors (Lipinski definition) is 0. The van der Waals surface area contributed by atoms with Crippen LogP contribution in [0.1, 0.15) is 52.5 Å². The molecule has 0 aromatic carbocycles. The first kappa shape index (κ1) is 25.1. The molecule has 2 aliphatic heterocycles. The molecular weight excluding hydrogens is 444 g/mol. The Balaban J connectivity index is 1.45. The van der Waals surface area contributed by atoms with E-state index in [0.717, 1.165) is 69.8 Å². The van der Waals surface area contributed by atoms with Gasteiger partial charge in [-0.2, -0.15) is 4.98 Å².